The first-order valence-corrected chi connectivity index (χ1v) is 8.10. The van der Waals surface area contributed by atoms with E-state index < -0.39 is 23.5 Å². The Kier molecular flexibility index (Phi) is 4.71. The number of benzene rings is 1. The molecule has 0 aliphatic rings. The number of nitrogens with one attached hydrogen (secondary N) is 1. The van der Waals surface area contributed by atoms with Gasteiger partial charge in [-0.3, -0.25) is 0 Å². The van der Waals surface area contributed by atoms with Gasteiger partial charge in [0.1, 0.15) is 5.69 Å². The van der Waals surface area contributed by atoms with E-state index in [1.165, 1.54) is 6.20 Å². The van der Waals surface area contributed by atoms with Crippen LogP contribution in [0.3, 0.4) is 0 Å². The van der Waals surface area contributed by atoms with Gasteiger partial charge in [-0.05, 0) is 46.9 Å². The largest absolute Gasteiger partial charge is 0.416 e. The van der Waals surface area contributed by atoms with Crippen LogP contribution in [0, 0.1) is 3.70 Å². The zero-order valence-corrected chi connectivity index (χ0v) is 14.7. The number of H-pyrrole nitrogens is 1. The maximum Gasteiger partial charge on any atom is 0.416 e. The van der Waals surface area contributed by atoms with Crippen LogP contribution in [-0.2, 0) is 12.4 Å². The summed E-state index contributed by atoms with van der Waals surface area (Å²) in [5, 5.41) is 0. The van der Waals surface area contributed by atoms with Crippen molar-refractivity contribution in [1.82, 2.24) is 15.0 Å². The molecule has 3 nitrogen and oxygen atoms in total. The van der Waals surface area contributed by atoms with Gasteiger partial charge in [0.2, 0.25) is 0 Å². The van der Waals surface area contributed by atoms with Crippen molar-refractivity contribution < 1.29 is 26.3 Å². The maximum absolute atomic E-state index is 13.2. The molecule has 0 aliphatic carbocycles. The van der Waals surface area contributed by atoms with Crippen LogP contribution in [0.15, 0.2) is 42.6 Å². The Hall–Kier alpha value is -2.11. The highest BCUT2D eigenvalue weighted by Crippen LogP contribution is 2.35. The van der Waals surface area contributed by atoms with Gasteiger partial charge < -0.3 is 4.98 Å². The fourth-order valence-electron chi connectivity index (χ4n) is 2.22. The minimum Gasteiger partial charge on any atom is -0.332 e. The van der Waals surface area contributed by atoms with Crippen molar-refractivity contribution in [3.63, 3.8) is 0 Å². The number of imidazole rings is 1. The van der Waals surface area contributed by atoms with Gasteiger partial charge in [-0.25, -0.2) is 9.97 Å². The standard InChI is InChI=1S/C16H8F6IN3/c17-15(18,19)9-3-1-8(2-4-9)11-5-10(16(20,21)22)6-12(25-11)14-24-7-13(23)26-14/h1-7H,(H,24,26). The highest BCUT2D eigenvalue weighted by atomic mass is 127. The summed E-state index contributed by atoms with van der Waals surface area (Å²) in [7, 11) is 0. The molecule has 0 radical (unpaired) electrons. The Morgan fingerprint density at radius 3 is 1.88 bits per heavy atom. The average molecular weight is 483 g/mol. The molecule has 1 aromatic carbocycles. The highest BCUT2D eigenvalue weighted by molar-refractivity contribution is 14.1. The van der Waals surface area contributed by atoms with Gasteiger partial charge in [-0.15, -0.1) is 0 Å². The lowest BCUT2D eigenvalue weighted by Crippen LogP contribution is -2.07. The van der Waals surface area contributed by atoms with Crippen LogP contribution in [0.25, 0.3) is 22.8 Å². The molecule has 136 valence electrons. The first-order chi connectivity index (χ1) is 12.0. The number of hydrogen-bond acceptors (Lipinski definition) is 2. The van der Waals surface area contributed by atoms with E-state index >= 15 is 0 Å². The van der Waals surface area contributed by atoms with Crippen molar-refractivity contribution in [3.8, 4) is 22.8 Å². The number of aromatic nitrogens is 3. The van der Waals surface area contributed by atoms with Crippen LogP contribution >= 0.6 is 22.6 Å². The topological polar surface area (TPSA) is 41.6 Å². The zero-order chi connectivity index (χ0) is 19.1. The lowest BCUT2D eigenvalue weighted by molar-refractivity contribution is -0.138. The molecule has 0 saturated heterocycles. The predicted octanol–water partition coefficient (Wildman–Crippen LogP) is 5.78. The third kappa shape index (κ3) is 4.00. The molecular weight excluding hydrogens is 475 g/mol. The number of nitrogens with zero attached hydrogens (tertiary/aromatic N) is 2. The van der Waals surface area contributed by atoms with Crippen molar-refractivity contribution in [2.45, 2.75) is 12.4 Å². The fourth-order valence-corrected chi connectivity index (χ4v) is 2.62. The second kappa shape index (κ2) is 6.56. The van der Waals surface area contributed by atoms with E-state index in [2.05, 4.69) is 15.0 Å². The molecule has 0 atom stereocenters. The molecule has 0 fully saturated rings. The molecule has 0 aliphatic heterocycles. The molecule has 26 heavy (non-hydrogen) atoms. The Morgan fingerprint density at radius 1 is 0.808 bits per heavy atom. The Morgan fingerprint density at radius 2 is 1.38 bits per heavy atom. The summed E-state index contributed by atoms with van der Waals surface area (Å²) in [5.41, 5.74) is -1.89. The third-order valence-corrected chi connectivity index (χ3v) is 4.00. The summed E-state index contributed by atoms with van der Waals surface area (Å²) < 4.78 is 78.2. The third-order valence-electron chi connectivity index (χ3n) is 3.45. The first-order valence-electron chi connectivity index (χ1n) is 7.02. The van der Waals surface area contributed by atoms with Crippen molar-refractivity contribution in [2.24, 2.45) is 0 Å². The number of aromatic amines is 1. The van der Waals surface area contributed by atoms with Crippen molar-refractivity contribution in [2.75, 3.05) is 0 Å². The molecule has 0 bridgehead atoms. The van der Waals surface area contributed by atoms with E-state index in [9.17, 15) is 26.3 Å². The summed E-state index contributed by atoms with van der Waals surface area (Å²) in [6, 6.07) is 5.39. The average Bonchev–Trinajstić information content (AvgIpc) is 2.99. The van der Waals surface area contributed by atoms with Crippen LogP contribution in [0.2, 0.25) is 0 Å². The van der Waals surface area contributed by atoms with Crippen LogP contribution in [0.5, 0.6) is 0 Å². The summed E-state index contributed by atoms with van der Waals surface area (Å²) >= 11 is 1.91. The minimum absolute atomic E-state index is 0.0577. The number of rotatable bonds is 2. The normalized spacial score (nSPS) is 12.4. The summed E-state index contributed by atoms with van der Waals surface area (Å²) in [6.07, 6.45) is -7.75. The summed E-state index contributed by atoms with van der Waals surface area (Å²) in [4.78, 5) is 10.8. The molecule has 0 unspecified atom stereocenters. The Labute approximate surface area is 156 Å². The van der Waals surface area contributed by atoms with Crippen molar-refractivity contribution in [1.29, 1.82) is 0 Å². The number of pyridine rings is 1. The van der Waals surface area contributed by atoms with Crippen molar-refractivity contribution in [3.05, 3.63) is 57.4 Å². The van der Waals surface area contributed by atoms with E-state index in [0.717, 1.165) is 36.4 Å². The fraction of sp³-hybridized carbons (Fsp3) is 0.125. The summed E-state index contributed by atoms with van der Waals surface area (Å²) in [5.74, 6) is 0.133. The van der Waals surface area contributed by atoms with E-state index in [1.54, 1.807) is 0 Å². The molecule has 10 heteroatoms. The van der Waals surface area contributed by atoms with E-state index in [0.29, 0.717) is 3.70 Å². The van der Waals surface area contributed by atoms with E-state index in [1.807, 2.05) is 22.6 Å². The number of alkyl halides is 6. The highest BCUT2D eigenvalue weighted by Gasteiger charge is 2.33. The predicted molar refractivity (Wildman–Crippen MR) is 90.0 cm³/mol. The van der Waals surface area contributed by atoms with E-state index in [-0.39, 0.29) is 22.8 Å². The van der Waals surface area contributed by atoms with Gasteiger partial charge in [-0.2, -0.15) is 26.3 Å². The SMILES string of the molecule is FC(F)(F)c1ccc(-c2cc(C(F)(F)F)cc(-c3ncc(I)[nH]3)n2)cc1. The lowest BCUT2D eigenvalue weighted by Gasteiger charge is -2.12. The van der Waals surface area contributed by atoms with Crippen LogP contribution in [0.4, 0.5) is 26.3 Å². The number of halogens is 7. The summed E-state index contributed by atoms with van der Waals surface area (Å²) in [6.45, 7) is 0. The van der Waals surface area contributed by atoms with Gasteiger partial charge in [0.15, 0.2) is 5.82 Å². The van der Waals surface area contributed by atoms with Crippen molar-refractivity contribution >= 4 is 22.6 Å². The zero-order valence-electron chi connectivity index (χ0n) is 12.6. The van der Waals surface area contributed by atoms with Gasteiger partial charge >= 0.3 is 12.4 Å². The van der Waals surface area contributed by atoms with Crippen LogP contribution in [-0.4, -0.2) is 15.0 Å². The molecule has 0 saturated carbocycles. The van der Waals surface area contributed by atoms with Gasteiger partial charge in [0.25, 0.3) is 0 Å². The molecule has 0 amide bonds. The minimum atomic E-state index is -4.64. The van der Waals surface area contributed by atoms with Gasteiger partial charge in [0.05, 0.1) is 26.7 Å². The molecule has 0 spiro atoms. The Bertz CT molecular complexity index is 928. The van der Waals surface area contributed by atoms with Gasteiger partial charge in [-0.1, -0.05) is 12.1 Å². The Balaban J connectivity index is 2.11. The molecule has 2 aromatic heterocycles. The lowest BCUT2D eigenvalue weighted by atomic mass is 10.1. The van der Waals surface area contributed by atoms with Crippen LogP contribution < -0.4 is 0 Å². The quantitative estimate of drug-likeness (QED) is 0.371. The molecule has 3 rings (SSSR count). The monoisotopic (exact) mass is 483 g/mol. The van der Waals surface area contributed by atoms with E-state index in [4.69, 9.17) is 0 Å². The second-order valence-corrected chi connectivity index (χ2v) is 6.44. The smallest absolute Gasteiger partial charge is 0.332 e. The molecule has 2 heterocycles. The molecule has 1 N–H and O–H groups in total. The van der Waals surface area contributed by atoms with Crippen LogP contribution in [0.1, 0.15) is 11.1 Å². The van der Waals surface area contributed by atoms with Gasteiger partial charge in [0, 0.05) is 5.56 Å². The molecule has 3 aromatic rings. The maximum atomic E-state index is 13.2. The number of hydrogen-bond donors (Lipinski definition) is 1. The second-order valence-electron chi connectivity index (χ2n) is 5.28. The molecular formula is C16H8F6IN3. The first kappa shape index (κ1) is 18.7.